The van der Waals surface area contributed by atoms with E-state index in [1.54, 1.807) is 33.1 Å². The van der Waals surface area contributed by atoms with Crippen LogP contribution < -0.4 is 20.5 Å². The van der Waals surface area contributed by atoms with Crippen LogP contribution in [0.4, 0.5) is 0 Å². The van der Waals surface area contributed by atoms with E-state index in [1.807, 2.05) is 0 Å². The fraction of sp³-hybridized carbons (Fsp3) is 0.636. The second-order valence-electron chi connectivity index (χ2n) is 9.64. The van der Waals surface area contributed by atoms with Crippen molar-refractivity contribution >= 4 is 43.7 Å². The van der Waals surface area contributed by atoms with Gasteiger partial charge in [-0.15, -0.1) is 0 Å². The molecule has 0 aliphatic heterocycles. The molecule has 0 heterocycles. The van der Waals surface area contributed by atoms with Gasteiger partial charge in [-0.3, -0.25) is 9.59 Å². The molecular weight excluding hydrogens is 516 g/mol. The molecule has 6 nitrogen and oxygen atoms in total. The molecule has 4 aliphatic carbocycles. The maximum absolute atomic E-state index is 13.2. The number of hydrogen-bond donors (Lipinski definition) is 2. The predicted octanol–water partition coefficient (Wildman–Crippen LogP) is 4.17. The number of primary amides is 1. The topological polar surface area (TPSA) is 90.7 Å². The Morgan fingerprint density at radius 3 is 2.23 bits per heavy atom. The number of carbonyl (C=O) groups excluding carboxylic acids is 2. The quantitative estimate of drug-likeness (QED) is 0.563. The van der Waals surface area contributed by atoms with Gasteiger partial charge in [0.25, 0.3) is 5.91 Å². The van der Waals surface area contributed by atoms with Crippen molar-refractivity contribution in [3.05, 3.63) is 21.1 Å². The number of rotatable bonds is 6. The average Bonchev–Trinajstić information content (AvgIpc) is 2.66. The minimum atomic E-state index is -1.06. The fourth-order valence-corrected chi connectivity index (χ4v) is 6.84. The zero-order valence-electron chi connectivity index (χ0n) is 17.5. The van der Waals surface area contributed by atoms with Gasteiger partial charge < -0.3 is 20.5 Å². The van der Waals surface area contributed by atoms with E-state index in [0.29, 0.717) is 33.7 Å². The lowest BCUT2D eigenvalue weighted by Gasteiger charge is -2.59. The molecular formula is C22H28Br2N2O4. The van der Waals surface area contributed by atoms with Gasteiger partial charge in [-0.05, 0) is 108 Å². The lowest BCUT2D eigenvalue weighted by molar-refractivity contribution is -0.150. The molecule has 5 rings (SSSR count). The first-order valence-electron chi connectivity index (χ1n) is 10.4. The van der Waals surface area contributed by atoms with Gasteiger partial charge in [0.15, 0.2) is 5.60 Å². The largest absolute Gasteiger partial charge is 0.496 e. The molecule has 4 saturated carbocycles. The van der Waals surface area contributed by atoms with Crippen LogP contribution in [0.2, 0.25) is 0 Å². The van der Waals surface area contributed by atoms with Crippen LogP contribution >= 0.6 is 31.9 Å². The van der Waals surface area contributed by atoms with E-state index in [0.717, 1.165) is 36.6 Å². The Morgan fingerprint density at radius 1 is 1.10 bits per heavy atom. The van der Waals surface area contributed by atoms with E-state index in [4.69, 9.17) is 15.2 Å². The van der Waals surface area contributed by atoms with Crippen molar-refractivity contribution in [1.82, 2.24) is 5.32 Å². The minimum absolute atomic E-state index is 0.0791. The third kappa shape index (κ3) is 3.74. The Labute approximate surface area is 193 Å². The van der Waals surface area contributed by atoms with Crippen molar-refractivity contribution in [3.8, 4) is 11.5 Å². The van der Waals surface area contributed by atoms with Gasteiger partial charge in [0.05, 0.1) is 16.1 Å². The van der Waals surface area contributed by atoms with Crippen molar-refractivity contribution in [2.24, 2.45) is 28.9 Å². The Morgan fingerprint density at radius 2 is 1.67 bits per heavy atom. The lowest BCUT2D eigenvalue weighted by Crippen LogP contribution is -2.63. The maximum atomic E-state index is 13.2. The molecule has 2 unspecified atom stereocenters. The number of methoxy groups -OCH3 is 1. The van der Waals surface area contributed by atoms with Crippen LogP contribution in [0.1, 0.15) is 46.0 Å². The summed E-state index contributed by atoms with van der Waals surface area (Å²) in [5, 5.41) is 3.27. The summed E-state index contributed by atoms with van der Waals surface area (Å²) in [4.78, 5) is 25.4. The normalized spacial score (nSPS) is 32.0. The third-order valence-corrected chi connectivity index (χ3v) is 8.45. The van der Waals surface area contributed by atoms with Crippen LogP contribution in [0.15, 0.2) is 21.1 Å². The lowest BCUT2D eigenvalue weighted by atomic mass is 9.47. The summed E-state index contributed by atoms with van der Waals surface area (Å²) in [6, 6.07) is 3.67. The van der Waals surface area contributed by atoms with Gasteiger partial charge in [-0.2, -0.15) is 0 Å². The van der Waals surface area contributed by atoms with E-state index in [9.17, 15) is 9.59 Å². The first kappa shape index (κ1) is 21.9. The van der Waals surface area contributed by atoms with Crippen LogP contribution in [0.5, 0.6) is 11.5 Å². The van der Waals surface area contributed by atoms with Gasteiger partial charge in [0.1, 0.15) is 11.5 Å². The number of ether oxygens (including phenoxy) is 2. The van der Waals surface area contributed by atoms with Gasteiger partial charge >= 0.3 is 0 Å². The molecule has 30 heavy (non-hydrogen) atoms. The summed E-state index contributed by atoms with van der Waals surface area (Å²) in [6.45, 7) is 3.54. The highest BCUT2D eigenvalue weighted by Crippen LogP contribution is 2.60. The van der Waals surface area contributed by atoms with Crippen LogP contribution in [-0.4, -0.2) is 30.6 Å². The summed E-state index contributed by atoms with van der Waals surface area (Å²) >= 11 is 6.95. The summed E-state index contributed by atoms with van der Waals surface area (Å²) in [7, 11) is 1.60. The van der Waals surface area contributed by atoms with E-state index in [2.05, 4.69) is 37.2 Å². The molecule has 8 heteroatoms. The fourth-order valence-electron chi connectivity index (χ4n) is 5.95. The minimum Gasteiger partial charge on any atom is -0.496 e. The monoisotopic (exact) mass is 542 g/mol. The molecule has 0 spiro atoms. The smallest absolute Gasteiger partial charge is 0.263 e. The van der Waals surface area contributed by atoms with Crippen molar-refractivity contribution in [1.29, 1.82) is 0 Å². The molecule has 4 fully saturated rings. The zero-order valence-corrected chi connectivity index (χ0v) is 20.6. The van der Waals surface area contributed by atoms with Crippen molar-refractivity contribution in [3.63, 3.8) is 0 Å². The van der Waals surface area contributed by atoms with E-state index in [-0.39, 0.29) is 23.3 Å². The molecule has 0 aromatic heterocycles. The second-order valence-corrected chi connectivity index (χ2v) is 11.4. The molecule has 164 valence electrons. The van der Waals surface area contributed by atoms with Crippen molar-refractivity contribution < 1.29 is 19.1 Å². The van der Waals surface area contributed by atoms with E-state index in [1.165, 1.54) is 0 Å². The van der Waals surface area contributed by atoms with Crippen molar-refractivity contribution in [2.45, 2.75) is 57.6 Å². The van der Waals surface area contributed by atoms with Crippen LogP contribution in [0.25, 0.3) is 0 Å². The molecule has 0 saturated heterocycles. The predicted molar refractivity (Wildman–Crippen MR) is 120 cm³/mol. The van der Waals surface area contributed by atoms with Crippen LogP contribution in [0.3, 0.4) is 0 Å². The highest BCUT2D eigenvalue weighted by Gasteiger charge is 2.58. The number of benzene rings is 1. The number of halogens is 2. The van der Waals surface area contributed by atoms with E-state index >= 15 is 0 Å². The number of carbonyl (C=O) groups is 2. The number of hydrogen-bond acceptors (Lipinski definition) is 4. The number of nitrogens with one attached hydrogen (secondary N) is 1. The Hall–Kier alpha value is -1.28. The summed E-state index contributed by atoms with van der Waals surface area (Å²) in [6.07, 6.45) is 4.63. The Bertz CT molecular complexity index is 872. The van der Waals surface area contributed by atoms with Gasteiger partial charge in [0, 0.05) is 11.5 Å². The summed E-state index contributed by atoms with van der Waals surface area (Å²) in [5.41, 5.74) is 4.36. The molecule has 3 N–H and O–H groups in total. The molecule has 0 radical (unpaired) electrons. The maximum Gasteiger partial charge on any atom is 0.263 e. The molecule has 1 aromatic carbocycles. The summed E-state index contributed by atoms with van der Waals surface area (Å²) < 4.78 is 12.9. The Kier molecular flexibility index (Phi) is 5.62. The summed E-state index contributed by atoms with van der Waals surface area (Å²) in [5.74, 6) is 2.10. The molecule has 4 aliphatic rings. The van der Waals surface area contributed by atoms with Crippen LogP contribution in [0, 0.1) is 23.2 Å². The third-order valence-electron chi connectivity index (χ3n) is 7.21. The molecule has 1 aromatic rings. The SMILES string of the molecule is COc1cc(Br)c(OC(C)(C)C(=O)NC2C3CC4CC2CC(C(N)=O)(C4)C3)cc1Br. The zero-order chi connectivity index (χ0) is 21.8. The second kappa shape index (κ2) is 7.69. The Balaban J connectivity index is 1.48. The number of nitrogens with two attached hydrogens (primary N) is 1. The number of amides is 2. The van der Waals surface area contributed by atoms with Gasteiger partial charge in [-0.25, -0.2) is 0 Å². The average molecular weight is 544 g/mol. The molecule has 2 atom stereocenters. The first-order chi connectivity index (χ1) is 14.0. The van der Waals surface area contributed by atoms with E-state index < -0.39 is 5.60 Å². The van der Waals surface area contributed by atoms with Crippen molar-refractivity contribution in [2.75, 3.05) is 7.11 Å². The van der Waals surface area contributed by atoms with Gasteiger partial charge in [0.2, 0.25) is 5.91 Å². The first-order valence-corrected chi connectivity index (χ1v) is 12.0. The molecule has 2 amide bonds. The highest BCUT2D eigenvalue weighted by atomic mass is 79.9. The molecule has 4 bridgehead atoms. The highest BCUT2D eigenvalue weighted by molar-refractivity contribution is 9.11. The van der Waals surface area contributed by atoms with Gasteiger partial charge in [-0.1, -0.05) is 0 Å². The van der Waals surface area contributed by atoms with Crippen LogP contribution in [-0.2, 0) is 9.59 Å². The standard InChI is InChI=1S/C22H28Br2N2O4/c1-21(2,30-17-7-14(23)16(29-3)6-15(17)24)20(28)26-18-12-4-11-5-13(18)10-22(8-11,9-12)19(25)27/h6-7,11-13,18H,4-5,8-10H2,1-3H3,(H2,25,27)(H,26,28).